The van der Waals surface area contributed by atoms with E-state index in [1.54, 1.807) is 62.4 Å². The van der Waals surface area contributed by atoms with Crippen LogP contribution in [0.5, 0.6) is 0 Å². The van der Waals surface area contributed by atoms with E-state index < -0.39 is 74.1 Å². The van der Waals surface area contributed by atoms with Crippen LogP contribution in [0.25, 0.3) is 11.1 Å². The zero-order valence-electron chi connectivity index (χ0n) is 27.6. The monoisotopic (exact) mass is 708 g/mol. The van der Waals surface area contributed by atoms with Crippen molar-refractivity contribution in [1.29, 1.82) is 0 Å². The number of likely N-dealkylation sites (tertiary alicyclic amines) is 1. The van der Waals surface area contributed by atoms with E-state index >= 15 is 0 Å². The van der Waals surface area contributed by atoms with Gasteiger partial charge in [-0.3, -0.25) is 23.7 Å². The van der Waals surface area contributed by atoms with Gasteiger partial charge >= 0.3 is 13.8 Å². The first kappa shape index (κ1) is 37.9. The smallest absolute Gasteiger partial charge is 0.469 e. The summed E-state index contributed by atoms with van der Waals surface area (Å²) in [6.45, 7) is 2.55. The summed E-state index contributed by atoms with van der Waals surface area (Å²) in [5, 5.41) is 17.4. The summed E-state index contributed by atoms with van der Waals surface area (Å²) in [4.78, 5) is 86.0. The lowest BCUT2D eigenvalue weighted by Crippen LogP contribution is -2.59. The number of phosphoric acid groups is 1. The van der Waals surface area contributed by atoms with Crippen LogP contribution >= 0.6 is 7.82 Å². The molecule has 1 fully saturated rings. The summed E-state index contributed by atoms with van der Waals surface area (Å²) in [7, 11) is -5.06. The number of nitrogens with zero attached hydrogens (tertiary/aromatic N) is 1. The summed E-state index contributed by atoms with van der Waals surface area (Å²) in [6.07, 6.45) is 0.612. The molecule has 0 spiro atoms. The van der Waals surface area contributed by atoms with E-state index in [1.807, 2.05) is 30.3 Å². The van der Waals surface area contributed by atoms with E-state index in [4.69, 9.17) is 0 Å². The van der Waals surface area contributed by atoms with Crippen molar-refractivity contribution < 1.29 is 48.0 Å². The number of carbonyl (C=O) groups is 5. The van der Waals surface area contributed by atoms with E-state index in [-0.39, 0.29) is 24.9 Å². The number of amides is 4. The molecule has 4 atom stereocenters. The van der Waals surface area contributed by atoms with Gasteiger partial charge in [-0.1, -0.05) is 86.6 Å². The number of aliphatic carboxylic acids is 1. The van der Waals surface area contributed by atoms with Crippen molar-refractivity contribution >= 4 is 37.4 Å². The molecule has 0 bridgehead atoms. The fraction of sp³-hybridized carbons (Fsp3) is 0.343. The lowest BCUT2D eigenvalue weighted by molar-refractivity contribution is -0.143. The number of hydrogen-bond donors (Lipinski definition) is 6. The molecule has 1 aliphatic rings. The van der Waals surface area contributed by atoms with Crippen LogP contribution in [-0.4, -0.2) is 86.7 Å². The van der Waals surface area contributed by atoms with Gasteiger partial charge in [0.2, 0.25) is 17.7 Å². The van der Waals surface area contributed by atoms with Gasteiger partial charge in [-0.25, -0.2) is 9.36 Å². The van der Waals surface area contributed by atoms with Gasteiger partial charge in [-0.15, -0.1) is 0 Å². The Morgan fingerprint density at radius 3 is 2.12 bits per heavy atom. The van der Waals surface area contributed by atoms with Crippen LogP contribution in [0.1, 0.15) is 42.6 Å². The molecule has 15 heteroatoms. The Hall–Kier alpha value is -4.88. The second-order valence-corrected chi connectivity index (χ2v) is 13.5. The minimum Gasteiger partial charge on any atom is -0.480 e. The maximum atomic E-state index is 13.8. The van der Waals surface area contributed by atoms with Crippen molar-refractivity contribution in [3.63, 3.8) is 0 Å². The van der Waals surface area contributed by atoms with Crippen LogP contribution < -0.4 is 16.0 Å². The number of carbonyl (C=O) groups excluding carboxylic acids is 4. The highest BCUT2D eigenvalue weighted by Gasteiger charge is 2.40. The fourth-order valence-corrected chi connectivity index (χ4v) is 6.00. The van der Waals surface area contributed by atoms with Gasteiger partial charge in [0.25, 0.3) is 5.91 Å². The number of phosphoric ester groups is 1. The van der Waals surface area contributed by atoms with Crippen LogP contribution in [0.4, 0.5) is 0 Å². The van der Waals surface area contributed by atoms with Crippen molar-refractivity contribution in [3.8, 4) is 11.1 Å². The molecule has 266 valence electrons. The number of nitrogens with one attached hydrogen (secondary N) is 3. The summed E-state index contributed by atoms with van der Waals surface area (Å²) in [6, 6.07) is 19.5. The van der Waals surface area contributed by atoms with Gasteiger partial charge in [0.15, 0.2) is 0 Å². The largest absolute Gasteiger partial charge is 0.480 e. The highest BCUT2D eigenvalue weighted by molar-refractivity contribution is 7.46. The van der Waals surface area contributed by atoms with Crippen molar-refractivity contribution in [1.82, 2.24) is 20.9 Å². The average Bonchev–Trinajstić information content (AvgIpc) is 3.59. The van der Waals surface area contributed by atoms with Gasteiger partial charge in [0.05, 0.1) is 6.61 Å². The van der Waals surface area contributed by atoms with Crippen molar-refractivity contribution in [2.45, 2.75) is 57.3 Å². The van der Waals surface area contributed by atoms with Crippen LogP contribution in [-0.2, 0) is 34.7 Å². The van der Waals surface area contributed by atoms with Gasteiger partial charge in [0, 0.05) is 18.5 Å². The molecule has 0 saturated carbocycles. The Morgan fingerprint density at radius 1 is 0.860 bits per heavy atom. The third kappa shape index (κ3) is 10.6. The highest BCUT2D eigenvalue weighted by Crippen LogP contribution is 2.36. The van der Waals surface area contributed by atoms with Gasteiger partial charge < -0.3 is 35.7 Å². The van der Waals surface area contributed by atoms with E-state index in [1.165, 1.54) is 11.0 Å². The number of rotatable bonds is 15. The number of benzene rings is 3. The first-order valence-electron chi connectivity index (χ1n) is 16.1. The molecule has 6 N–H and O–H groups in total. The first-order valence-corrected chi connectivity index (χ1v) is 17.6. The van der Waals surface area contributed by atoms with Crippen LogP contribution in [0, 0.1) is 5.92 Å². The van der Waals surface area contributed by atoms with Crippen LogP contribution in [0.15, 0.2) is 84.9 Å². The number of carboxylic acids is 1. The average molecular weight is 709 g/mol. The Labute approximate surface area is 289 Å². The van der Waals surface area contributed by atoms with E-state index in [2.05, 4.69) is 20.5 Å². The highest BCUT2D eigenvalue weighted by atomic mass is 31.2. The van der Waals surface area contributed by atoms with E-state index in [0.29, 0.717) is 12.0 Å². The maximum absolute atomic E-state index is 13.8. The second-order valence-electron chi connectivity index (χ2n) is 12.3. The molecular weight excluding hydrogens is 667 g/mol. The zero-order chi connectivity index (χ0) is 36.4. The molecule has 4 amide bonds. The molecule has 0 aromatic heterocycles. The quantitative estimate of drug-likeness (QED) is 0.127. The van der Waals surface area contributed by atoms with E-state index in [9.17, 15) is 43.4 Å². The predicted molar refractivity (Wildman–Crippen MR) is 182 cm³/mol. The summed E-state index contributed by atoms with van der Waals surface area (Å²) in [5.74, 6) is -4.65. The predicted octanol–water partition coefficient (Wildman–Crippen LogP) is 2.51. The molecule has 0 unspecified atom stereocenters. The number of carboxylic acid groups (broad SMARTS) is 1. The van der Waals surface area contributed by atoms with Gasteiger partial charge in [-0.05, 0) is 47.6 Å². The lowest BCUT2D eigenvalue weighted by Gasteiger charge is -2.30. The maximum Gasteiger partial charge on any atom is 0.469 e. The minimum atomic E-state index is -5.06. The minimum absolute atomic E-state index is 0.0198. The molecular formula is C35H41N4O10P. The SMILES string of the molecule is CC(C)[C@H](NC(=O)[C@@H]1CCCN1C(=O)[C@H](COP(=O)(O)O)NC(=O)c1cccc(-c2ccccc2)c1)C(=O)N[C@@H](Cc1ccccc1)C(=O)O. The summed E-state index contributed by atoms with van der Waals surface area (Å²) >= 11 is 0. The topological polar surface area (TPSA) is 212 Å². The third-order valence-corrected chi connectivity index (χ3v) is 8.71. The molecule has 50 heavy (non-hydrogen) atoms. The molecule has 3 aromatic rings. The second kappa shape index (κ2) is 17.2. The van der Waals surface area contributed by atoms with Crippen molar-refractivity contribution in [2.24, 2.45) is 5.92 Å². The summed E-state index contributed by atoms with van der Waals surface area (Å²) < 4.78 is 16.2. The molecule has 0 radical (unpaired) electrons. The van der Waals surface area contributed by atoms with Gasteiger partial charge in [0.1, 0.15) is 24.2 Å². The molecule has 0 aliphatic carbocycles. The van der Waals surface area contributed by atoms with Crippen LogP contribution in [0.2, 0.25) is 0 Å². The molecule has 14 nitrogen and oxygen atoms in total. The fourth-order valence-electron chi connectivity index (χ4n) is 5.66. The third-order valence-electron chi connectivity index (χ3n) is 8.23. The lowest BCUT2D eigenvalue weighted by atomic mass is 10.0. The van der Waals surface area contributed by atoms with Gasteiger partial charge in [-0.2, -0.15) is 0 Å². The standard InChI is InChI=1S/C35H41N4O10P/c1-22(2)30(33(42)36-27(35(44)45)19-23-11-5-3-6-12-23)38-32(41)29-17-10-18-39(29)34(43)28(21-49-50(46,47)48)37-31(40)26-16-9-15-25(20-26)24-13-7-4-8-14-24/h3-9,11-16,20,22,27-30H,10,17-19,21H2,1-2H3,(H,36,42)(H,37,40)(H,38,41)(H,44,45)(H2,46,47,48)/t27-,28-,29-,30-/m0/s1. The summed E-state index contributed by atoms with van der Waals surface area (Å²) in [5.41, 5.74) is 2.43. The molecule has 4 rings (SSSR count). The van der Waals surface area contributed by atoms with Crippen molar-refractivity contribution in [2.75, 3.05) is 13.2 Å². The Bertz CT molecular complexity index is 1720. The van der Waals surface area contributed by atoms with Crippen LogP contribution in [0.3, 0.4) is 0 Å². The molecule has 3 aromatic carbocycles. The normalized spacial score (nSPS) is 16.3. The van der Waals surface area contributed by atoms with E-state index in [0.717, 1.165) is 11.1 Å². The number of hydrogen-bond acceptors (Lipinski definition) is 7. The first-order chi connectivity index (χ1) is 23.7. The zero-order valence-corrected chi connectivity index (χ0v) is 28.5. The molecule has 1 heterocycles. The Morgan fingerprint density at radius 2 is 1.50 bits per heavy atom. The van der Waals surface area contributed by atoms with Crippen molar-refractivity contribution in [3.05, 3.63) is 96.1 Å². The molecule has 1 aliphatic heterocycles. The molecule has 1 saturated heterocycles. The Balaban J connectivity index is 1.48. The Kier molecular flexibility index (Phi) is 13.0.